The molecule has 0 radical (unpaired) electrons. The highest BCUT2D eigenvalue weighted by molar-refractivity contribution is 5.92. The number of benzene rings is 1. The highest BCUT2D eigenvalue weighted by Crippen LogP contribution is 2.40. The number of aromatic nitrogens is 2. The molecule has 1 saturated heterocycles. The Kier molecular flexibility index (Phi) is 6.30. The third-order valence-corrected chi connectivity index (χ3v) is 6.78. The molecule has 2 aliphatic heterocycles. The molecular formula is C24H36N6O3+2. The summed E-state index contributed by atoms with van der Waals surface area (Å²) in [6, 6.07) is 6.09. The maximum absolute atomic E-state index is 12.1. The van der Waals surface area contributed by atoms with Crippen LogP contribution in [0.5, 0.6) is 11.5 Å². The van der Waals surface area contributed by atoms with Gasteiger partial charge in [0.05, 0.1) is 48.0 Å². The van der Waals surface area contributed by atoms with Crippen LogP contribution in [0.3, 0.4) is 0 Å². The second-order valence-corrected chi connectivity index (χ2v) is 10.1. The summed E-state index contributed by atoms with van der Waals surface area (Å²) in [6.07, 6.45) is 5.18. The molecule has 178 valence electrons. The van der Waals surface area contributed by atoms with Crippen molar-refractivity contribution in [3.05, 3.63) is 24.4 Å². The van der Waals surface area contributed by atoms with Gasteiger partial charge in [-0.25, -0.2) is 4.98 Å². The standard InChI is InChI=1S/C24H36N6O3/c1-16(18-9-7-8-12-25-18)15-29(2,3)22-21(32-6)14-26-23(28-22)27-17-10-11-20-19(13-17)30(4,5)24(31)33-20/h10-11,13-14,16,18,25H,7-9,12,15H2,1-6H3,(H,26,27,28)/q+2. The first kappa shape index (κ1) is 23.4. The summed E-state index contributed by atoms with van der Waals surface area (Å²) in [7, 11) is 9.59. The van der Waals surface area contributed by atoms with E-state index >= 15 is 0 Å². The molecule has 3 heterocycles. The maximum Gasteiger partial charge on any atom is 0.526 e. The van der Waals surface area contributed by atoms with Crippen LogP contribution in [0.25, 0.3) is 0 Å². The van der Waals surface area contributed by atoms with Crippen molar-refractivity contribution in [1.82, 2.24) is 24.3 Å². The molecule has 33 heavy (non-hydrogen) atoms. The van der Waals surface area contributed by atoms with Crippen LogP contribution in [0.2, 0.25) is 0 Å². The fraction of sp³-hybridized carbons (Fsp3) is 0.542. The van der Waals surface area contributed by atoms with Gasteiger partial charge in [-0.3, -0.25) is 4.48 Å². The van der Waals surface area contributed by atoms with E-state index in [1.54, 1.807) is 19.4 Å². The number of rotatable bonds is 7. The number of nitrogens with one attached hydrogen (secondary N) is 2. The van der Waals surface area contributed by atoms with Crippen LogP contribution in [0, 0.1) is 5.92 Å². The van der Waals surface area contributed by atoms with Crippen LogP contribution in [-0.4, -0.2) is 70.5 Å². The minimum absolute atomic E-state index is 0.0383. The third-order valence-electron chi connectivity index (χ3n) is 6.78. The molecule has 2 N–H and O–H groups in total. The summed E-state index contributed by atoms with van der Waals surface area (Å²) in [4.78, 5) is 21.4. The number of piperidine rings is 1. The maximum atomic E-state index is 12.1. The van der Waals surface area contributed by atoms with Crippen molar-refractivity contribution in [1.29, 1.82) is 0 Å². The number of carbonyl (C=O) groups excluding carboxylic acids is 1. The Hall–Kier alpha value is -2.75. The molecule has 1 amide bonds. The fourth-order valence-electron chi connectivity index (χ4n) is 4.85. The van der Waals surface area contributed by atoms with Gasteiger partial charge in [0.1, 0.15) is 0 Å². The van der Waals surface area contributed by atoms with Gasteiger partial charge in [0, 0.05) is 23.7 Å². The van der Waals surface area contributed by atoms with Crippen molar-refractivity contribution in [2.45, 2.75) is 32.2 Å². The number of hydrogen-bond donors (Lipinski definition) is 2. The zero-order valence-electron chi connectivity index (χ0n) is 20.5. The van der Waals surface area contributed by atoms with E-state index in [0.717, 1.165) is 30.3 Å². The number of quaternary nitrogens is 2. The molecule has 4 rings (SSSR count). The van der Waals surface area contributed by atoms with E-state index in [-0.39, 0.29) is 10.6 Å². The molecule has 9 nitrogen and oxygen atoms in total. The largest absolute Gasteiger partial charge is 0.526 e. The van der Waals surface area contributed by atoms with E-state index in [2.05, 4.69) is 36.6 Å². The van der Waals surface area contributed by atoms with Gasteiger partial charge in [-0.2, -0.15) is 14.3 Å². The van der Waals surface area contributed by atoms with Crippen LogP contribution in [0.15, 0.2) is 24.4 Å². The summed E-state index contributed by atoms with van der Waals surface area (Å²) < 4.78 is 11.6. The van der Waals surface area contributed by atoms with E-state index in [9.17, 15) is 4.79 Å². The van der Waals surface area contributed by atoms with E-state index in [1.807, 2.05) is 26.2 Å². The number of nitrogens with zero attached hydrogens (tertiary/aromatic N) is 4. The van der Waals surface area contributed by atoms with Crippen molar-refractivity contribution in [2.24, 2.45) is 5.92 Å². The van der Waals surface area contributed by atoms with Crippen LogP contribution < -0.4 is 29.1 Å². The predicted octanol–water partition coefficient (Wildman–Crippen LogP) is 3.65. The minimum atomic E-state index is -0.300. The van der Waals surface area contributed by atoms with Gasteiger partial charge in [-0.1, -0.05) is 13.3 Å². The second kappa shape index (κ2) is 8.89. The van der Waals surface area contributed by atoms with Crippen molar-refractivity contribution in [2.75, 3.05) is 53.7 Å². The summed E-state index contributed by atoms with van der Waals surface area (Å²) in [6.45, 7) is 4.33. The Bertz CT molecular complexity index is 1030. The van der Waals surface area contributed by atoms with Crippen LogP contribution in [-0.2, 0) is 0 Å². The lowest BCUT2D eigenvalue weighted by atomic mass is 9.92. The van der Waals surface area contributed by atoms with Crippen molar-refractivity contribution in [3.63, 3.8) is 0 Å². The lowest BCUT2D eigenvalue weighted by Crippen LogP contribution is -2.50. The third kappa shape index (κ3) is 4.66. The Morgan fingerprint density at radius 1 is 1.33 bits per heavy atom. The van der Waals surface area contributed by atoms with Crippen LogP contribution in [0.1, 0.15) is 26.2 Å². The summed E-state index contributed by atoms with van der Waals surface area (Å²) >= 11 is 0. The SMILES string of the molecule is COc1cnc(Nc2ccc3c(c2)[N+](C)(C)C(=O)O3)nc1[N+](C)(C)CC(C)C1CCCCN1. The van der Waals surface area contributed by atoms with E-state index in [0.29, 0.717) is 33.9 Å². The molecule has 2 atom stereocenters. The predicted molar refractivity (Wildman–Crippen MR) is 131 cm³/mol. The molecular weight excluding hydrogens is 420 g/mol. The van der Waals surface area contributed by atoms with Crippen molar-refractivity contribution < 1.29 is 14.3 Å². The number of amides is 1. The van der Waals surface area contributed by atoms with Gasteiger partial charge in [0.15, 0.2) is 11.4 Å². The highest BCUT2D eigenvalue weighted by Gasteiger charge is 2.42. The summed E-state index contributed by atoms with van der Waals surface area (Å²) in [5.41, 5.74) is 1.59. The molecule has 0 saturated carbocycles. The van der Waals surface area contributed by atoms with Crippen LogP contribution >= 0.6 is 0 Å². The fourth-order valence-corrected chi connectivity index (χ4v) is 4.85. The number of ether oxygens (including phenoxy) is 2. The van der Waals surface area contributed by atoms with E-state index in [1.165, 1.54) is 19.3 Å². The molecule has 9 heteroatoms. The van der Waals surface area contributed by atoms with Gasteiger partial charge in [0.25, 0.3) is 5.82 Å². The number of fused-ring (bicyclic) bond motifs is 1. The zero-order valence-corrected chi connectivity index (χ0v) is 20.5. The minimum Gasteiger partial charge on any atom is -0.488 e. The molecule has 0 bridgehead atoms. The summed E-state index contributed by atoms with van der Waals surface area (Å²) in [5, 5.41) is 6.96. The Labute approximate surface area is 195 Å². The lowest BCUT2D eigenvalue weighted by Gasteiger charge is -2.36. The quantitative estimate of drug-likeness (QED) is 0.615. The molecule has 2 aliphatic rings. The normalized spacial score (nSPS) is 20.7. The summed E-state index contributed by atoms with van der Waals surface area (Å²) in [5.74, 6) is 3.05. The Balaban J connectivity index is 1.57. The number of hydrogen-bond acceptors (Lipinski definition) is 7. The van der Waals surface area contributed by atoms with Gasteiger partial charge in [-0.15, -0.1) is 0 Å². The number of methoxy groups -OCH3 is 1. The zero-order chi connectivity index (χ0) is 23.8. The first-order valence-electron chi connectivity index (χ1n) is 11.6. The van der Waals surface area contributed by atoms with Gasteiger partial charge >= 0.3 is 6.09 Å². The Morgan fingerprint density at radius 2 is 2.12 bits per heavy atom. The smallest absolute Gasteiger partial charge is 0.488 e. The average Bonchev–Trinajstić information content (AvgIpc) is 3.02. The molecule has 2 aromatic rings. The van der Waals surface area contributed by atoms with Gasteiger partial charge in [0.2, 0.25) is 11.7 Å². The Morgan fingerprint density at radius 3 is 2.82 bits per heavy atom. The molecule has 0 spiro atoms. The molecule has 1 aromatic heterocycles. The van der Waals surface area contributed by atoms with Crippen molar-refractivity contribution >= 4 is 29.2 Å². The van der Waals surface area contributed by atoms with Crippen LogP contribution in [0.4, 0.5) is 27.9 Å². The van der Waals surface area contributed by atoms with E-state index in [4.69, 9.17) is 14.5 Å². The number of carbonyl (C=O) groups is 1. The highest BCUT2D eigenvalue weighted by atomic mass is 16.6. The number of anilines is 2. The molecule has 0 aliphatic carbocycles. The van der Waals surface area contributed by atoms with Gasteiger partial charge in [-0.05, 0) is 31.5 Å². The second-order valence-electron chi connectivity index (χ2n) is 10.1. The first-order valence-corrected chi connectivity index (χ1v) is 11.6. The first-order chi connectivity index (χ1) is 15.6. The molecule has 1 fully saturated rings. The van der Waals surface area contributed by atoms with E-state index < -0.39 is 0 Å². The molecule has 1 aromatic carbocycles. The molecule has 2 unspecified atom stereocenters. The monoisotopic (exact) mass is 456 g/mol. The lowest BCUT2D eigenvalue weighted by molar-refractivity contribution is 0.185. The topological polar surface area (TPSA) is 85.4 Å². The van der Waals surface area contributed by atoms with Crippen molar-refractivity contribution in [3.8, 4) is 11.5 Å². The van der Waals surface area contributed by atoms with Gasteiger partial charge < -0.3 is 20.1 Å². The average molecular weight is 457 g/mol.